The molecule has 3 heterocycles. The molecule has 7 nitrogen and oxygen atoms in total. The van der Waals surface area contributed by atoms with Gasteiger partial charge in [0.2, 0.25) is 0 Å². The maximum absolute atomic E-state index is 13.9. The summed E-state index contributed by atoms with van der Waals surface area (Å²) in [6.07, 6.45) is 9.86. The number of terminal acetylenes is 1. The Labute approximate surface area is 175 Å². The van der Waals surface area contributed by atoms with Gasteiger partial charge in [-0.05, 0) is 37.6 Å². The van der Waals surface area contributed by atoms with Crippen LogP contribution in [0.2, 0.25) is 5.02 Å². The summed E-state index contributed by atoms with van der Waals surface area (Å²) in [6, 6.07) is 4.33. The first kappa shape index (κ1) is 19.6. The topological polar surface area (TPSA) is 74.7 Å². The van der Waals surface area contributed by atoms with Gasteiger partial charge in [0.15, 0.2) is 5.69 Å². The van der Waals surface area contributed by atoms with E-state index in [1.807, 2.05) is 0 Å². The molecular weight excluding hydrogens is 409 g/mol. The first-order valence-electron chi connectivity index (χ1n) is 8.89. The Bertz CT molecular complexity index is 1480. The van der Waals surface area contributed by atoms with Crippen LogP contribution in [0.1, 0.15) is 11.3 Å². The third kappa shape index (κ3) is 2.91. The highest BCUT2D eigenvalue weighted by atomic mass is 35.5. The highest BCUT2D eigenvalue weighted by Crippen LogP contribution is 2.27. The van der Waals surface area contributed by atoms with Crippen molar-refractivity contribution in [2.75, 3.05) is 0 Å². The molecule has 0 atom stereocenters. The number of aryl methyl sites for hydroxylation is 1. The van der Waals surface area contributed by atoms with E-state index in [1.54, 1.807) is 26.1 Å². The van der Waals surface area contributed by atoms with Crippen LogP contribution in [-0.4, -0.2) is 23.9 Å². The molecule has 150 valence electrons. The highest BCUT2D eigenvalue weighted by Gasteiger charge is 2.22. The molecule has 30 heavy (non-hydrogen) atoms. The fraction of sp³-hybridized carbons (Fsp3) is 0.143. The van der Waals surface area contributed by atoms with E-state index in [1.165, 1.54) is 33.8 Å². The quantitative estimate of drug-likeness (QED) is 0.475. The molecule has 4 aromatic rings. The molecule has 0 spiro atoms. The SMILES string of the molecule is C#CCn1c(C)c(-n2ncc3c(Cl)c(F)ccc32)c(=O)n(-c2cncc(C)c2)c1=O. The van der Waals surface area contributed by atoms with Crippen molar-refractivity contribution in [2.45, 2.75) is 20.4 Å². The minimum absolute atomic E-state index is 0.0498. The summed E-state index contributed by atoms with van der Waals surface area (Å²) < 4.78 is 17.5. The standard InChI is InChI=1S/C21H15ClFN5O2/c1-4-7-26-13(3)19(28-17-6-5-16(23)18(22)15(17)11-25-28)20(29)27(21(26)30)14-8-12(2)9-24-10-14/h1,5-6,8-11H,7H2,2-3H3. The Balaban J connectivity index is 2.14. The summed E-state index contributed by atoms with van der Waals surface area (Å²) >= 11 is 6.06. The molecule has 0 aliphatic heterocycles. The van der Waals surface area contributed by atoms with E-state index in [-0.39, 0.29) is 17.3 Å². The molecule has 1 aromatic carbocycles. The number of pyridine rings is 1. The second-order valence-corrected chi connectivity index (χ2v) is 7.10. The average molecular weight is 424 g/mol. The van der Waals surface area contributed by atoms with E-state index in [4.69, 9.17) is 18.0 Å². The lowest BCUT2D eigenvalue weighted by Crippen LogP contribution is -2.42. The minimum atomic E-state index is -0.608. The predicted molar refractivity (Wildman–Crippen MR) is 112 cm³/mol. The van der Waals surface area contributed by atoms with Crippen LogP contribution < -0.4 is 11.2 Å². The van der Waals surface area contributed by atoms with Gasteiger partial charge in [0, 0.05) is 11.6 Å². The van der Waals surface area contributed by atoms with Gasteiger partial charge in [0.25, 0.3) is 5.56 Å². The van der Waals surface area contributed by atoms with Crippen LogP contribution in [0.25, 0.3) is 22.3 Å². The summed E-state index contributed by atoms with van der Waals surface area (Å²) in [7, 11) is 0. The van der Waals surface area contributed by atoms with Crippen molar-refractivity contribution in [3.8, 4) is 23.7 Å². The Morgan fingerprint density at radius 2 is 1.97 bits per heavy atom. The number of hydrogen-bond acceptors (Lipinski definition) is 4. The molecule has 3 aromatic heterocycles. The predicted octanol–water partition coefficient (Wildman–Crippen LogP) is 2.78. The zero-order valence-electron chi connectivity index (χ0n) is 16.1. The van der Waals surface area contributed by atoms with E-state index in [0.29, 0.717) is 22.3 Å². The summed E-state index contributed by atoms with van der Waals surface area (Å²) in [5.74, 6) is 1.84. The first-order valence-corrected chi connectivity index (χ1v) is 9.27. The fourth-order valence-corrected chi connectivity index (χ4v) is 3.58. The molecule has 0 saturated carbocycles. The van der Waals surface area contributed by atoms with Gasteiger partial charge >= 0.3 is 5.69 Å². The lowest BCUT2D eigenvalue weighted by Gasteiger charge is -2.16. The van der Waals surface area contributed by atoms with Gasteiger partial charge in [-0.25, -0.2) is 18.4 Å². The fourth-order valence-electron chi connectivity index (χ4n) is 3.37. The van der Waals surface area contributed by atoms with Crippen LogP contribution >= 0.6 is 11.6 Å². The second-order valence-electron chi connectivity index (χ2n) is 6.72. The van der Waals surface area contributed by atoms with Crippen LogP contribution in [-0.2, 0) is 6.54 Å². The van der Waals surface area contributed by atoms with Gasteiger partial charge in [0.1, 0.15) is 5.82 Å². The van der Waals surface area contributed by atoms with Crippen LogP contribution in [0, 0.1) is 32.0 Å². The van der Waals surface area contributed by atoms with Crippen molar-refractivity contribution in [3.05, 3.63) is 79.7 Å². The smallest absolute Gasteiger partial charge is 0.284 e. The van der Waals surface area contributed by atoms with Crippen molar-refractivity contribution >= 4 is 22.5 Å². The molecule has 9 heteroatoms. The number of rotatable bonds is 3. The second kappa shape index (κ2) is 7.28. The Kier molecular flexibility index (Phi) is 4.76. The van der Waals surface area contributed by atoms with Crippen molar-refractivity contribution in [3.63, 3.8) is 0 Å². The molecule has 0 N–H and O–H groups in total. The Hall–Kier alpha value is -3.70. The monoisotopic (exact) mass is 423 g/mol. The molecule has 0 saturated heterocycles. The molecule has 0 fully saturated rings. The normalized spacial score (nSPS) is 11.0. The molecule has 0 radical (unpaired) electrons. The maximum Gasteiger partial charge on any atom is 0.336 e. The Morgan fingerprint density at radius 1 is 1.20 bits per heavy atom. The van der Waals surface area contributed by atoms with E-state index in [9.17, 15) is 14.0 Å². The van der Waals surface area contributed by atoms with Crippen LogP contribution in [0.4, 0.5) is 4.39 Å². The molecule has 0 unspecified atom stereocenters. The van der Waals surface area contributed by atoms with Crippen LogP contribution in [0.3, 0.4) is 0 Å². The Morgan fingerprint density at radius 3 is 2.67 bits per heavy atom. The number of benzene rings is 1. The van der Waals surface area contributed by atoms with Gasteiger partial charge in [-0.2, -0.15) is 5.10 Å². The van der Waals surface area contributed by atoms with Crippen molar-refractivity contribution in [1.29, 1.82) is 0 Å². The summed E-state index contributed by atoms with van der Waals surface area (Å²) in [5, 5.41) is 4.48. The number of aromatic nitrogens is 5. The minimum Gasteiger partial charge on any atom is -0.284 e. The van der Waals surface area contributed by atoms with Crippen LogP contribution in [0.15, 0.2) is 46.4 Å². The summed E-state index contributed by atoms with van der Waals surface area (Å²) in [4.78, 5) is 30.6. The molecule has 0 amide bonds. The van der Waals surface area contributed by atoms with Gasteiger partial charge in [-0.1, -0.05) is 17.5 Å². The molecule has 0 bridgehead atoms. The van der Waals surface area contributed by atoms with E-state index < -0.39 is 17.1 Å². The van der Waals surface area contributed by atoms with Gasteiger partial charge in [0.05, 0.1) is 40.9 Å². The van der Waals surface area contributed by atoms with Crippen molar-refractivity contribution < 1.29 is 4.39 Å². The largest absolute Gasteiger partial charge is 0.336 e. The maximum atomic E-state index is 13.9. The zero-order chi connectivity index (χ0) is 21.6. The number of hydrogen-bond donors (Lipinski definition) is 0. The molecule has 4 rings (SSSR count). The van der Waals surface area contributed by atoms with E-state index >= 15 is 0 Å². The van der Waals surface area contributed by atoms with E-state index in [0.717, 1.165) is 10.1 Å². The third-order valence-corrected chi connectivity index (χ3v) is 5.18. The lowest BCUT2D eigenvalue weighted by molar-refractivity contribution is 0.630. The van der Waals surface area contributed by atoms with E-state index in [2.05, 4.69) is 16.0 Å². The number of fused-ring (bicyclic) bond motifs is 1. The van der Waals surface area contributed by atoms with Crippen molar-refractivity contribution in [1.82, 2.24) is 23.9 Å². The molecular formula is C21H15ClFN5O2. The van der Waals surface area contributed by atoms with Gasteiger partial charge in [-0.3, -0.25) is 14.3 Å². The van der Waals surface area contributed by atoms with Gasteiger partial charge < -0.3 is 0 Å². The number of nitrogens with zero attached hydrogens (tertiary/aromatic N) is 5. The lowest BCUT2D eigenvalue weighted by atomic mass is 10.2. The first-order chi connectivity index (χ1) is 14.3. The van der Waals surface area contributed by atoms with Crippen LogP contribution in [0.5, 0.6) is 0 Å². The molecule has 0 aliphatic carbocycles. The van der Waals surface area contributed by atoms with Gasteiger partial charge in [-0.15, -0.1) is 6.42 Å². The average Bonchev–Trinajstić information content (AvgIpc) is 3.13. The third-order valence-electron chi connectivity index (χ3n) is 4.80. The number of halogens is 2. The summed E-state index contributed by atoms with van der Waals surface area (Å²) in [5.41, 5.74) is 0.722. The molecule has 0 aliphatic rings. The zero-order valence-corrected chi connectivity index (χ0v) is 16.8. The summed E-state index contributed by atoms with van der Waals surface area (Å²) in [6.45, 7) is 3.35. The highest BCUT2D eigenvalue weighted by molar-refractivity contribution is 6.35. The van der Waals surface area contributed by atoms with Crippen molar-refractivity contribution in [2.24, 2.45) is 0 Å².